The van der Waals surface area contributed by atoms with Crippen molar-refractivity contribution in [1.29, 1.82) is 0 Å². The van der Waals surface area contributed by atoms with E-state index in [-0.39, 0.29) is 5.92 Å². The summed E-state index contributed by atoms with van der Waals surface area (Å²) in [4.78, 5) is 22.7. The topological polar surface area (TPSA) is 43.4 Å². The second kappa shape index (κ2) is 5.29. The molecule has 1 atom stereocenters. The lowest BCUT2D eigenvalue weighted by molar-refractivity contribution is -0.148. The third-order valence-corrected chi connectivity index (χ3v) is 2.21. The third-order valence-electron chi connectivity index (χ3n) is 2.21. The SMILES string of the molecule is CCC(C)C(=O)C(=O)Oc1ccccc1. The van der Waals surface area contributed by atoms with Gasteiger partial charge in [-0.3, -0.25) is 4.79 Å². The first kappa shape index (κ1) is 11.4. The van der Waals surface area contributed by atoms with Gasteiger partial charge in [0.2, 0.25) is 5.78 Å². The standard InChI is InChI=1S/C12H14O3/c1-3-9(2)11(13)12(14)15-10-7-5-4-6-8-10/h4-9H,3H2,1-2H3. The Labute approximate surface area is 89.1 Å². The molecule has 0 aliphatic carbocycles. The molecule has 0 aliphatic rings. The summed E-state index contributed by atoms with van der Waals surface area (Å²) in [6.07, 6.45) is 0.642. The molecule has 0 aliphatic heterocycles. The number of rotatable bonds is 4. The lowest BCUT2D eigenvalue weighted by atomic mass is 10.0. The van der Waals surface area contributed by atoms with E-state index in [1.807, 2.05) is 13.0 Å². The Hall–Kier alpha value is -1.64. The van der Waals surface area contributed by atoms with Gasteiger partial charge in [0.1, 0.15) is 5.75 Å². The van der Waals surface area contributed by atoms with E-state index in [0.717, 1.165) is 0 Å². The molecule has 0 N–H and O–H groups in total. The highest BCUT2D eigenvalue weighted by Gasteiger charge is 2.21. The van der Waals surface area contributed by atoms with Gasteiger partial charge in [0.05, 0.1) is 0 Å². The minimum atomic E-state index is -0.782. The zero-order valence-electron chi connectivity index (χ0n) is 8.90. The van der Waals surface area contributed by atoms with Crippen LogP contribution in [0.5, 0.6) is 5.75 Å². The molecule has 3 nitrogen and oxygen atoms in total. The zero-order chi connectivity index (χ0) is 11.3. The average Bonchev–Trinajstić information content (AvgIpc) is 2.28. The maximum absolute atomic E-state index is 11.4. The summed E-state index contributed by atoms with van der Waals surface area (Å²) in [6, 6.07) is 8.59. The summed E-state index contributed by atoms with van der Waals surface area (Å²) < 4.78 is 4.91. The number of carbonyl (C=O) groups is 2. The number of carbonyl (C=O) groups excluding carboxylic acids is 2. The van der Waals surface area contributed by atoms with Gasteiger partial charge in [-0.05, 0) is 18.6 Å². The van der Waals surface area contributed by atoms with Crippen molar-refractivity contribution in [2.75, 3.05) is 0 Å². The number of para-hydroxylation sites is 1. The first-order valence-corrected chi connectivity index (χ1v) is 4.96. The first-order chi connectivity index (χ1) is 7.15. The minimum Gasteiger partial charge on any atom is -0.421 e. The molecule has 0 heterocycles. The molecule has 1 unspecified atom stereocenters. The molecular formula is C12H14O3. The van der Waals surface area contributed by atoms with Crippen LogP contribution in [0.15, 0.2) is 30.3 Å². The fourth-order valence-electron chi connectivity index (χ4n) is 1.03. The molecule has 1 aromatic carbocycles. The van der Waals surface area contributed by atoms with Gasteiger partial charge in [-0.1, -0.05) is 32.0 Å². The number of benzene rings is 1. The lowest BCUT2D eigenvalue weighted by Crippen LogP contribution is -2.25. The maximum Gasteiger partial charge on any atom is 0.380 e. The molecule has 1 rings (SSSR count). The summed E-state index contributed by atoms with van der Waals surface area (Å²) in [7, 11) is 0. The van der Waals surface area contributed by atoms with Gasteiger partial charge in [-0.2, -0.15) is 0 Å². The molecule has 80 valence electrons. The van der Waals surface area contributed by atoms with E-state index in [1.54, 1.807) is 31.2 Å². The van der Waals surface area contributed by atoms with Crippen molar-refractivity contribution in [2.45, 2.75) is 20.3 Å². The van der Waals surface area contributed by atoms with Crippen molar-refractivity contribution in [3.8, 4) is 5.75 Å². The Bertz CT molecular complexity index is 343. The zero-order valence-corrected chi connectivity index (χ0v) is 8.90. The number of esters is 1. The molecule has 0 saturated heterocycles. The van der Waals surface area contributed by atoms with E-state index < -0.39 is 11.8 Å². The molecule has 0 bridgehead atoms. The van der Waals surface area contributed by atoms with Gasteiger partial charge in [0.25, 0.3) is 0 Å². The fourth-order valence-corrected chi connectivity index (χ4v) is 1.03. The smallest absolute Gasteiger partial charge is 0.380 e. The quantitative estimate of drug-likeness (QED) is 0.431. The van der Waals surface area contributed by atoms with Crippen LogP contribution in [0.3, 0.4) is 0 Å². The van der Waals surface area contributed by atoms with Crippen LogP contribution >= 0.6 is 0 Å². The van der Waals surface area contributed by atoms with E-state index >= 15 is 0 Å². The highest BCUT2D eigenvalue weighted by atomic mass is 16.5. The number of hydrogen-bond acceptors (Lipinski definition) is 3. The van der Waals surface area contributed by atoms with Gasteiger partial charge >= 0.3 is 5.97 Å². The number of hydrogen-bond donors (Lipinski definition) is 0. The van der Waals surface area contributed by atoms with Crippen molar-refractivity contribution in [2.24, 2.45) is 5.92 Å². The highest BCUT2D eigenvalue weighted by Crippen LogP contribution is 2.10. The van der Waals surface area contributed by atoms with E-state index in [0.29, 0.717) is 12.2 Å². The Morgan fingerprint density at radius 3 is 2.40 bits per heavy atom. The van der Waals surface area contributed by atoms with Gasteiger partial charge in [0, 0.05) is 5.92 Å². The lowest BCUT2D eigenvalue weighted by Gasteiger charge is -2.06. The van der Waals surface area contributed by atoms with Crippen LogP contribution in [-0.2, 0) is 9.59 Å². The predicted octanol–water partition coefficient (Wildman–Crippen LogP) is 2.21. The summed E-state index contributed by atoms with van der Waals surface area (Å²) in [5, 5.41) is 0. The normalized spacial score (nSPS) is 11.9. The molecule has 1 aromatic rings. The molecule has 0 amide bonds. The van der Waals surface area contributed by atoms with Crippen molar-refractivity contribution in [3.63, 3.8) is 0 Å². The van der Waals surface area contributed by atoms with Gasteiger partial charge in [0.15, 0.2) is 0 Å². The molecule has 0 radical (unpaired) electrons. The van der Waals surface area contributed by atoms with Crippen LogP contribution in [-0.4, -0.2) is 11.8 Å². The average molecular weight is 206 g/mol. The molecule has 15 heavy (non-hydrogen) atoms. The number of ketones is 1. The summed E-state index contributed by atoms with van der Waals surface area (Å²) in [5.41, 5.74) is 0. The molecule has 0 spiro atoms. The van der Waals surface area contributed by atoms with Crippen molar-refractivity contribution in [1.82, 2.24) is 0 Å². The minimum absolute atomic E-state index is 0.277. The predicted molar refractivity (Wildman–Crippen MR) is 56.5 cm³/mol. The maximum atomic E-state index is 11.4. The van der Waals surface area contributed by atoms with Crippen molar-refractivity contribution < 1.29 is 14.3 Å². The fraction of sp³-hybridized carbons (Fsp3) is 0.333. The van der Waals surface area contributed by atoms with E-state index in [2.05, 4.69) is 0 Å². The highest BCUT2D eigenvalue weighted by molar-refractivity contribution is 6.34. The van der Waals surface area contributed by atoms with Gasteiger partial charge in [-0.15, -0.1) is 0 Å². The second-order valence-corrected chi connectivity index (χ2v) is 3.38. The summed E-state index contributed by atoms with van der Waals surface area (Å²) in [5.74, 6) is -1.13. The molecule has 0 fully saturated rings. The van der Waals surface area contributed by atoms with Gasteiger partial charge in [-0.25, -0.2) is 4.79 Å². The summed E-state index contributed by atoms with van der Waals surface area (Å²) in [6.45, 7) is 3.58. The second-order valence-electron chi connectivity index (χ2n) is 3.38. The van der Waals surface area contributed by atoms with E-state index in [9.17, 15) is 9.59 Å². The Morgan fingerprint density at radius 2 is 1.87 bits per heavy atom. The van der Waals surface area contributed by atoms with Gasteiger partial charge < -0.3 is 4.74 Å². The van der Waals surface area contributed by atoms with Crippen LogP contribution < -0.4 is 4.74 Å². The van der Waals surface area contributed by atoms with Crippen LogP contribution in [0.2, 0.25) is 0 Å². The Balaban J connectivity index is 2.60. The van der Waals surface area contributed by atoms with Crippen LogP contribution in [0.1, 0.15) is 20.3 Å². The summed E-state index contributed by atoms with van der Waals surface area (Å²) >= 11 is 0. The molecule has 0 aromatic heterocycles. The van der Waals surface area contributed by atoms with E-state index in [1.165, 1.54) is 0 Å². The van der Waals surface area contributed by atoms with Crippen LogP contribution in [0, 0.1) is 5.92 Å². The monoisotopic (exact) mass is 206 g/mol. The first-order valence-electron chi connectivity index (χ1n) is 4.96. The van der Waals surface area contributed by atoms with Crippen molar-refractivity contribution >= 4 is 11.8 Å². The largest absolute Gasteiger partial charge is 0.421 e. The third kappa shape index (κ3) is 3.20. The Kier molecular flexibility index (Phi) is 4.03. The van der Waals surface area contributed by atoms with Crippen LogP contribution in [0.25, 0.3) is 0 Å². The van der Waals surface area contributed by atoms with Crippen molar-refractivity contribution in [3.05, 3.63) is 30.3 Å². The molecular weight excluding hydrogens is 192 g/mol. The number of Topliss-reactive ketones (excluding diaryl/α,β-unsaturated/α-hetero) is 1. The van der Waals surface area contributed by atoms with E-state index in [4.69, 9.17) is 4.74 Å². The number of ether oxygens (including phenoxy) is 1. The molecule has 0 saturated carbocycles. The van der Waals surface area contributed by atoms with Crippen LogP contribution in [0.4, 0.5) is 0 Å². The Morgan fingerprint density at radius 1 is 1.27 bits per heavy atom. The molecule has 3 heteroatoms.